The van der Waals surface area contributed by atoms with Gasteiger partial charge in [0.15, 0.2) is 5.78 Å². The molecule has 5 heteroatoms. The summed E-state index contributed by atoms with van der Waals surface area (Å²) < 4.78 is 14.0. The summed E-state index contributed by atoms with van der Waals surface area (Å²) in [4.78, 5) is 15.0. The van der Waals surface area contributed by atoms with Crippen LogP contribution < -0.4 is 5.32 Å². The molecule has 1 atom stereocenters. The number of Topliss-reactive ketones (excluding diaryl/α,β-unsaturated/α-hetero) is 1. The number of benzene rings is 1. The fourth-order valence-electron chi connectivity index (χ4n) is 3.51. The molecule has 0 aliphatic carbocycles. The summed E-state index contributed by atoms with van der Waals surface area (Å²) in [5.74, 6) is -0.607. The van der Waals surface area contributed by atoms with Crippen LogP contribution in [0.4, 0.5) is 4.39 Å². The van der Waals surface area contributed by atoms with E-state index in [4.69, 9.17) is 11.6 Å². The van der Waals surface area contributed by atoms with E-state index in [2.05, 4.69) is 10.2 Å². The Balaban J connectivity index is 1.79. The van der Waals surface area contributed by atoms with Crippen LogP contribution in [0.1, 0.15) is 36.0 Å². The van der Waals surface area contributed by atoms with E-state index in [1.807, 2.05) is 0 Å². The quantitative estimate of drug-likeness (QED) is 0.871. The Kier molecular flexibility index (Phi) is 4.57. The Morgan fingerprint density at radius 2 is 2.05 bits per heavy atom. The van der Waals surface area contributed by atoms with Gasteiger partial charge in [-0.25, -0.2) is 4.39 Å². The first-order valence-electron chi connectivity index (χ1n) is 7.62. The number of carbonyl (C=O) groups is 1. The van der Waals surface area contributed by atoms with Crippen LogP contribution in [-0.4, -0.2) is 42.4 Å². The van der Waals surface area contributed by atoms with Gasteiger partial charge in [-0.15, -0.1) is 0 Å². The average molecular weight is 311 g/mol. The van der Waals surface area contributed by atoms with E-state index in [0.29, 0.717) is 11.1 Å². The molecular weight excluding hydrogens is 291 g/mol. The van der Waals surface area contributed by atoms with Gasteiger partial charge >= 0.3 is 0 Å². The third-order valence-electron chi connectivity index (χ3n) is 4.57. The third kappa shape index (κ3) is 3.12. The van der Waals surface area contributed by atoms with Gasteiger partial charge in [0.2, 0.25) is 0 Å². The number of rotatable bonds is 3. The molecule has 1 aromatic carbocycles. The monoisotopic (exact) mass is 310 g/mol. The van der Waals surface area contributed by atoms with Crippen LogP contribution in [0.25, 0.3) is 0 Å². The Morgan fingerprint density at radius 3 is 2.76 bits per heavy atom. The standard InChI is InChI=1S/C16H20ClFN2O/c17-11-3-4-13(14(18)10-11)16(21)15-2-1-9-20(15)12-5-7-19-8-6-12/h3-4,10,12,15,19H,1-2,5-9H2. The van der Waals surface area contributed by atoms with Gasteiger partial charge in [0.1, 0.15) is 5.82 Å². The molecule has 3 rings (SSSR count). The van der Waals surface area contributed by atoms with Gasteiger partial charge in [-0.3, -0.25) is 9.69 Å². The minimum Gasteiger partial charge on any atom is -0.317 e. The number of nitrogens with zero attached hydrogens (tertiary/aromatic N) is 1. The highest BCUT2D eigenvalue weighted by Gasteiger charge is 2.36. The van der Waals surface area contributed by atoms with E-state index in [1.165, 1.54) is 12.1 Å². The number of hydrogen-bond acceptors (Lipinski definition) is 3. The van der Waals surface area contributed by atoms with Crippen molar-refractivity contribution in [1.29, 1.82) is 0 Å². The molecule has 3 nitrogen and oxygen atoms in total. The number of piperidine rings is 1. The number of ketones is 1. The minimum absolute atomic E-state index is 0.0970. The second kappa shape index (κ2) is 6.42. The lowest BCUT2D eigenvalue weighted by molar-refractivity contribution is 0.0779. The lowest BCUT2D eigenvalue weighted by Crippen LogP contribution is -2.48. The van der Waals surface area contributed by atoms with Crippen molar-refractivity contribution < 1.29 is 9.18 Å². The summed E-state index contributed by atoms with van der Waals surface area (Å²) in [6, 6.07) is 4.58. The molecule has 21 heavy (non-hydrogen) atoms. The topological polar surface area (TPSA) is 32.3 Å². The van der Waals surface area contributed by atoms with E-state index in [9.17, 15) is 9.18 Å². The Hall–Kier alpha value is -0.970. The first kappa shape index (κ1) is 14.9. The molecule has 0 spiro atoms. The average Bonchev–Trinajstić information content (AvgIpc) is 2.97. The third-order valence-corrected chi connectivity index (χ3v) is 4.81. The molecule has 0 amide bonds. The van der Waals surface area contributed by atoms with Crippen LogP contribution >= 0.6 is 11.6 Å². The predicted octanol–water partition coefficient (Wildman–Crippen LogP) is 2.88. The predicted molar refractivity (Wildman–Crippen MR) is 81.4 cm³/mol. The summed E-state index contributed by atoms with van der Waals surface area (Å²) in [7, 11) is 0. The molecule has 114 valence electrons. The Morgan fingerprint density at radius 1 is 1.29 bits per heavy atom. The van der Waals surface area contributed by atoms with E-state index in [-0.39, 0.29) is 17.4 Å². The molecule has 0 saturated carbocycles. The summed E-state index contributed by atoms with van der Waals surface area (Å²) in [5.41, 5.74) is 0.172. The van der Waals surface area contributed by atoms with Crippen LogP contribution in [-0.2, 0) is 0 Å². The van der Waals surface area contributed by atoms with Gasteiger partial charge in [0, 0.05) is 11.1 Å². The normalized spacial score (nSPS) is 24.4. The van der Waals surface area contributed by atoms with Gasteiger partial charge in [-0.2, -0.15) is 0 Å². The maximum atomic E-state index is 14.0. The zero-order valence-corrected chi connectivity index (χ0v) is 12.7. The first-order chi connectivity index (χ1) is 10.2. The zero-order valence-electron chi connectivity index (χ0n) is 11.9. The van der Waals surface area contributed by atoms with Crippen LogP contribution in [0, 0.1) is 5.82 Å². The molecule has 2 aliphatic heterocycles. The second-order valence-electron chi connectivity index (χ2n) is 5.87. The van der Waals surface area contributed by atoms with E-state index >= 15 is 0 Å². The molecule has 2 aliphatic rings. The maximum Gasteiger partial charge on any atom is 0.182 e. The molecule has 0 aromatic heterocycles. The molecule has 0 bridgehead atoms. The SMILES string of the molecule is O=C(c1ccc(Cl)cc1F)C1CCCN1C1CCNCC1. The lowest BCUT2D eigenvalue weighted by Gasteiger charge is -2.35. The molecule has 1 aromatic rings. The number of halogens is 2. The summed E-state index contributed by atoms with van der Waals surface area (Å²) in [6.07, 6.45) is 3.96. The van der Waals surface area contributed by atoms with Crippen molar-refractivity contribution in [2.75, 3.05) is 19.6 Å². The molecule has 2 fully saturated rings. The maximum absolute atomic E-state index is 14.0. The molecule has 2 saturated heterocycles. The Labute approximate surface area is 129 Å². The molecular formula is C16H20ClFN2O. The fraction of sp³-hybridized carbons (Fsp3) is 0.562. The van der Waals surface area contributed by atoms with Crippen LogP contribution in [0.15, 0.2) is 18.2 Å². The fourth-order valence-corrected chi connectivity index (χ4v) is 3.67. The van der Waals surface area contributed by atoms with E-state index < -0.39 is 5.82 Å². The molecule has 2 heterocycles. The number of nitrogens with one attached hydrogen (secondary N) is 1. The van der Waals surface area contributed by atoms with Gasteiger partial charge < -0.3 is 5.32 Å². The van der Waals surface area contributed by atoms with Crippen molar-refractivity contribution in [2.24, 2.45) is 0 Å². The van der Waals surface area contributed by atoms with Crippen molar-refractivity contribution >= 4 is 17.4 Å². The number of hydrogen-bond donors (Lipinski definition) is 1. The highest BCUT2D eigenvalue weighted by Crippen LogP contribution is 2.28. The van der Waals surface area contributed by atoms with Gasteiger partial charge in [0.25, 0.3) is 0 Å². The summed E-state index contributed by atoms with van der Waals surface area (Å²) >= 11 is 5.76. The van der Waals surface area contributed by atoms with Crippen LogP contribution in [0.3, 0.4) is 0 Å². The molecule has 1 unspecified atom stereocenters. The van der Waals surface area contributed by atoms with Gasteiger partial charge in [-0.05, 0) is 63.5 Å². The second-order valence-corrected chi connectivity index (χ2v) is 6.30. The molecule has 0 radical (unpaired) electrons. The molecule has 1 N–H and O–H groups in total. The number of likely N-dealkylation sites (tertiary alicyclic amines) is 1. The summed E-state index contributed by atoms with van der Waals surface area (Å²) in [5, 5.41) is 3.67. The highest BCUT2D eigenvalue weighted by atomic mass is 35.5. The zero-order chi connectivity index (χ0) is 14.8. The van der Waals surface area contributed by atoms with Crippen molar-refractivity contribution in [3.8, 4) is 0 Å². The van der Waals surface area contributed by atoms with Crippen molar-refractivity contribution in [2.45, 2.75) is 37.8 Å². The van der Waals surface area contributed by atoms with Gasteiger partial charge in [0.05, 0.1) is 11.6 Å². The minimum atomic E-state index is -0.510. The summed E-state index contributed by atoms with van der Waals surface area (Å²) in [6.45, 7) is 2.94. The van der Waals surface area contributed by atoms with Crippen molar-refractivity contribution in [3.05, 3.63) is 34.6 Å². The first-order valence-corrected chi connectivity index (χ1v) is 8.00. The lowest BCUT2D eigenvalue weighted by atomic mass is 9.98. The van der Waals surface area contributed by atoms with E-state index in [0.717, 1.165) is 45.3 Å². The highest BCUT2D eigenvalue weighted by molar-refractivity contribution is 6.30. The Bertz CT molecular complexity index is 531. The number of carbonyl (C=O) groups excluding carboxylic acids is 1. The van der Waals surface area contributed by atoms with Crippen molar-refractivity contribution in [3.63, 3.8) is 0 Å². The van der Waals surface area contributed by atoms with Crippen molar-refractivity contribution in [1.82, 2.24) is 10.2 Å². The van der Waals surface area contributed by atoms with E-state index in [1.54, 1.807) is 6.07 Å². The van der Waals surface area contributed by atoms with Crippen LogP contribution in [0.2, 0.25) is 5.02 Å². The smallest absolute Gasteiger partial charge is 0.182 e. The largest absolute Gasteiger partial charge is 0.317 e. The van der Waals surface area contributed by atoms with Crippen LogP contribution in [0.5, 0.6) is 0 Å². The van der Waals surface area contributed by atoms with Gasteiger partial charge in [-0.1, -0.05) is 11.6 Å².